The van der Waals surface area contributed by atoms with Crippen LogP contribution in [0.15, 0.2) is 17.2 Å². The van der Waals surface area contributed by atoms with Gasteiger partial charge in [-0.15, -0.1) is 0 Å². The van der Waals surface area contributed by atoms with Crippen LogP contribution in [-0.4, -0.2) is 0 Å². The summed E-state index contributed by atoms with van der Waals surface area (Å²) in [4.78, 5) is 0. The van der Waals surface area contributed by atoms with Crippen molar-refractivity contribution >= 4 is 0 Å². The molecule has 0 saturated carbocycles. The Kier molecular flexibility index (Phi) is 4.98. The van der Waals surface area contributed by atoms with Gasteiger partial charge in [0.2, 0.25) is 0 Å². The first-order valence-electron chi connectivity index (χ1n) is 4.44. The predicted octanol–water partition coefficient (Wildman–Crippen LogP) is 0.362. The van der Waals surface area contributed by atoms with Gasteiger partial charge in [-0.25, -0.2) is 17.7 Å². The number of hydrogen-bond donors (Lipinski definition) is 0. The number of hydrogen-bond acceptors (Lipinski definition) is 0. The molecule has 0 spiro atoms. The average molecular weight is 156 g/mol. The van der Waals surface area contributed by atoms with Crippen LogP contribution in [0.1, 0.15) is 34.1 Å². The largest absolute Gasteiger partial charge is 1.00 e. The molecule has 0 amide bonds. The molecule has 1 rings (SSSR count). The van der Waals surface area contributed by atoms with Gasteiger partial charge >= 0.3 is 18.9 Å². The van der Waals surface area contributed by atoms with E-state index >= 15 is 0 Å². The van der Waals surface area contributed by atoms with Gasteiger partial charge in [0, 0.05) is 0 Å². The molecule has 0 nitrogen and oxygen atoms in total. The summed E-state index contributed by atoms with van der Waals surface area (Å²) in [5.74, 6) is 1.31. The van der Waals surface area contributed by atoms with Crippen molar-refractivity contribution in [1.29, 1.82) is 0 Å². The van der Waals surface area contributed by atoms with Gasteiger partial charge in [0.05, 0.1) is 0 Å². The van der Waals surface area contributed by atoms with E-state index in [4.69, 9.17) is 0 Å². The van der Waals surface area contributed by atoms with Crippen LogP contribution in [0.5, 0.6) is 0 Å². The van der Waals surface area contributed by atoms with E-state index in [1.807, 2.05) is 0 Å². The van der Waals surface area contributed by atoms with E-state index in [2.05, 4.69) is 39.8 Å². The van der Waals surface area contributed by atoms with E-state index in [0.29, 0.717) is 11.8 Å². The fraction of sp³-hybridized carbons (Fsp3) is 0.636. The minimum atomic E-state index is 0. The van der Waals surface area contributed by atoms with Gasteiger partial charge in [0.1, 0.15) is 0 Å². The van der Waals surface area contributed by atoms with Gasteiger partial charge in [-0.1, -0.05) is 40.0 Å². The minimum absolute atomic E-state index is 0. The van der Waals surface area contributed by atoms with Crippen LogP contribution >= 0.6 is 0 Å². The monoisotopic (exact) mass is 156 g/mol. The van der Waals surface area contributed by atoms with Crippen molar-refractivity contribution in [3.63, 3.8) is 0 Å². The summed E-state index contributed by atoms with van der Waals surface area (Å²) in [7, 11) is 0. The summed E-state index contributed by atoms with van der Waals surface area (Å²) in [6, 6.07) is 0. The topological polar surface area (TPSA) is 0 Å². The van der Waals surface area contributed by atoms with Gasteiger partial charge in [-0.2, -0.15) is 5.57 Å². The molecule has 0 aromatic heterocycles. The van der Waals surface area contributed by atoms with Crippen LogP contribution in [0.4, 0.5) is 0 Å². The second kappa shape index (κ2) is 4.95. The molecule has 1 aliphatic rings. The Morgan fingerprint density at radius 2 is 1.75 bits per heavy atom. The molecular formula is C11H17Li. The standard InChI is InChI=1S/C11H17.Li/c1-8(2)10-5-6-11(7-10)9(3)4;/h5,8-9H,6H2,1-4H3;/q-1;+1. The zero-order valence-corrected chi connectivity index (χ0v) is 8.94. The van der Waals surface area contributed by atoms with E-state index in [1.165, 1.54) is 11.1 Å². The molecule has 0 saturated heterocycles. The van der Waals surface area contributed by atoms with Crippen LogP contribution in [0.3, 0.4) is 0 Å². The molecule has 12 heavy (non-hydrogen) atoms. The van der Waals surface area contributed by atoms with Crippen LogP contribution in [-0.2, 0) is 0 Å². The first-order chi connectivity index (χ1) is 5.11. The van der Waals surface area contributed by atoms with E-state index in [1.54, 1.807) is 0 Å². The molecule has 0 N–H and O–H groups in total. The molecule has 0 aromatic rings. The molecule has 1 aliphatic carbocycles. The summed E-state index contributed by atoms with van der Waals surface area (Å²) in [5.41, 5.74) is 2.86. The fourth-order valence-electron chi connectivity index (χ4n) is 1.27. The SMILES string of the molecule is CC(C)C1=[C-]C(C(C)C)=CC1.[Li+]. The van der Waals surface area contributed by atoms with E-state index < -0.39 is 0 Å². The van der Waals surface area contributed by atoms with Gasteiger partial charge in [0.15, 0.2) is 0 Å². The van der Waals surface area contributed by atoms with Crippen LogP contribution in [0.25, 0.3) is 0 Å². The van der Waals surface area contributed by atoms with Crippen LogP contribution < -0.4 is 18.9 Å². The Morgan fingerprint density at radius 1 is 1.17 bits per heavy atom. The Labute approximate surface area is 88.3 Å². The number of allylic oxidation sites excluding steroid dienone is 4. The first-order valence-corrected chi connectivity index (χ1v) is 4.44. The average Bonchev–Trinajstić information content (AvgIpc) is 2.33. The minimum Gasteiger partial charge on any atom is -0.249 e. The van der Waals surface area contributed by atoms with Crippen molar-refractivity contribution in [2.75, 3.05) is 0 Å². The van der Waals surface area contributed by atoms with Crippen molar-refractivity contribution in [2.45, 2.75) is 34.1 Å². The Bertz CT molecular complexity index is 197. The molecule has 0 heterocycles. The van der Waals surface area contributed by atoms with Gasteiger partial charge < -0.3 is 0 Å². The predicted molar refractivity (Wildman–Crippen MR) is 49.1 cm³/mol. The van der Waals surface area contributed by atoms with Gasteiger partial charge in [-0.05, 0) is 5.92 Å². The van der Waals surface area contributed by atoms with Gasteiger partial charge in [-0.3, -0.25) is 0 Å². The molecule has 0 atom stereocenters. The molecule has 0 radical (unpaired) electrons. The fourth-order valence-corrected chi connectivity index (χ4v) is 1.27. The van der Waals surface area contributed by atoms with Gasteiger partial charge in [0.25, 0.3) is 0 Å². The third-order valence-corrected chi connectivity index (χ3v) is 2.17. The zero-order valence-electron chi connectivity index (χ0n) is 8.94. The third kappa shape index (κ3) is 2.85. The summed E-state index contributed by atoms with van der Waals surface area (Å²) in [6.07, 6.45) is 6.90. The summed E-state index contributed by atoms with van der Waals surface area (Å²) >= 11 is 0. The van der Waals surface area contributed by atoms with Crippen molar-refractivity contribution in [2.24, 2.45) is 11.8 Å². The molecule has 1 heteroatoms. The van der Waals surface area contributed by atoms with Crippen molar-refractivity contribution in [3.05, 3.63) is 23.3 Å². The Morgan fingerprint density at radius 3 is 2.00 bits per heavy atom. The van der Waals surface area contributed by atoms with E-state index in [0.717, 1.165) is 6.42 Å². The van der Waals surface area contributed by atoms with Crippen LogP contribution in [0.2, 0.25) is 0 Å². The molecule has 0 bridgehead atoms. The summed E-state index contributed by atoms with van der Waals surface area (Å²) < 4.78 is 0. The molecular weight excluding hydrogens is 139 g/mol. The smallest absolute Gasteiger partial charge is 0.249 e. The van der Waals surface area contributed by atoms with Crippen LogP contribution in [0, 0.1) is 17.9 Å². The first kappa shape index (κ1) is 12.1. The van der Waals surface area contributed by atoms with Crippen molar-refractivity contribution < 1.29 is 18.9 Å². The normalized spacial score (nSPS) is 16.2. The molecule has 0 fully saturated rings. The maximum Gasteiger partial charge on any atom is 1.00 e. The number of rotatable bonds is 2. The summed E-state index contributed by atoms with van der Waals surface area (Å²) in [6.45, 7) is 8.92. The van der Waals surface area contributed by atoms with E-state index in [-0.39, 0.29) is 18.9 Å². The molecule has 62 valence electrons. The second-order valence-electron chi connectivity index (χ2n) is 3.82. The third-order valence-electron chi connectivity index (χ3n) is 2.17. The second-order valence-corrected chi connectivity index (χ2v) is 3.82. The Balaban J connectivity index is 0.00000121. The molecule has 0 aromatic carbocycles. The Hall–Kier alpha value is 0.0774. The maximum atomic E-state index is 3.47. The molecule has 0 aliphatic heterocycles. The zero-order chi connectivity index (χ0) is 8.43. The maximum absolute atomic E-state index is 3.47. The quantitative estimate of drug-likeness (QED) is 0.400. The molecule has 0 unspecified atom stereocenters. The van der Waals surface area contributed by atoms with E-state index in [9.17, 15) is 0 Å². The van der Waals surface area contributed by atoms with Crippen molar-refractivity contribution in [3.8, 4) is 0 Å². The van der Waals surface area contributed by atoms with Crippen molar-refractivity contribution in [1.82, 2.24) is 0 Å². The summed E-state index contributed by atoms with van der Waals surface area (Å²) in [5, 5.41) is 0.